The zero-order valence-electron chi connectivity index (χ0n) is 38.5. The summed E-state index contributed by atoms with van der Waals surface area (Å²) in [7, 11) is 0. The van der Waals surface area contributed by atoms with Crippen LogP contribution in [0.2, 0.25) is 0 Å². The molecule has 0 aliphatic heterocycles. The molecule has 322 valence electrons. The van der Waals surface area contributed by atoms with E-state index in [0.717, 1.165) is 11.4 Å². The van der Waals surface area contributed by atoms with Crippen LogP contribution in [0, 0.1) is 6.92 Å². The highest BCUT2D eigenvalue weighted by Gasteiger charge is 2.46. The van der Waals surface area contributed by atoms with Crippen LogP contribution in [0.15, 0.2) is 243 Å². The van der Waals surface area contributed by atoms with Gasteiger partial charge in [0.25, 0.3) is 0 Å². The first kappa shape index (κ1) is 40.1. The van der Waals surface area contributed by atoms with Crippen molar-refractivity contribution in [3.8, 4) is 44.5 Å². The van der Waals surface area contributed by atoms with Gasteiger partial charge < -0.3 is 4.90 Å². The zero-order chi connectivity index (χ0) is 45.6. The van der Waals surface area contributed by atoms with E-state index in [9.17, 15) is 0 Å². The molecule has 0 heterocycles. The predicted molar refractivity (Wildman–Crippen MR) is 287 cm³/mol. The average molecular weight is 868 g/mol. The fraction of sp³-hybridized carbons (Fsp3) is 0.0746. The largest absolute Gasteiger partial charge is 0.310 e. The third-order valence-corrected chi connectivity index (χ3v) is 15.2. The first-order chi connectivity index (χ1) is 33.4. The van der Waals surface area contributed by atoms with Crippen LogP contribution in [-0.2, 0) is 10.8 Å². The van der Waals surface area contributed by atoms with Crippen LogP contribution in [0.1, 0.15) is 52.8 Å². The Labute approximate surface area is 399 Å². The van der Waals surface area contributed by atoms with Gasteiger partial charge in [-0.2, -0.15) is 0 Å². The summed E-state index contributed by atoms with van der Waals surface area (Å²) in [5, 5.41) is 4.93. The molecule has 1 nitrogen and oxygen atoms in total. The first-order valence-corrected chi connectivity index (χ1v) is 23.9. The fourth-order valence-corrected chi connectivity index (χ4v) is 12.0. The van der Waals surface area contributed by atoms with Crippen LogP contribution in [0.3, 0.4) is 0 Å². The van der Waals surface area contributed by atoms with E-state index in [-0.39, 0.29) is 5.41 Å². The highest BCUT2D eigenvalue weighted by atomic mass is 15.1. The maximum atomic E-state index is 2.58. The Morgan fingerprint density at radius 1 is 0.309 bits per heavy atom. The number of hydrogen-bond acceptors (Lipinski definition) is 1. The molecule has 2 aliphatic carbocycles. The van der Waals surface area contributed by atoms with Gasteiger partial charge in [0.15, 0.2) is 0 Å². The molecule has 13 rings (SSSR count). The number of rotatable bonds is 7. The molecule has 0 atom stereocenters. The number of anilines is 3. The molecule has 0 N–H and O–H groups in total. The SMILES string of the molecule is Cc1cc(-c2ccc3ccccc3c2)cc(-c2ccc3ccccc3c2)c1N(c1ccc2c(c1)C(C)(C)c1ccccc1-2)c1ccc2c(c1)C(c1ccccc1)(c1ccccc1)c1ccccc1-2. The van der Waals surface area contributed by atoms with Crippen molar-refractivity contribution >= 4 is 38.6 Å². The molecule has 0 unspecified atom stereocenters. The van der Waals surface area contributed by atoms with Crippen LogP contribution in [0.25, 0.3) is 66.1 Å². The molecule has 0 bridgehead atoms. The number of nitrogens with zero attached hydrogens (tertiary/aromatic N) is 1. The standard InChI is InChI=1S/C67H49N/c1-44-38-51(49-32-30-45-18-10-12-20-47(45)39-49)41-60(50-33-31-46-19-11-13-21-48(46)40-50)65(44)68(54-34-36-58-56-26-14-16-28-61(56)66(2,3)63(58)42-54)55-35-37-59-57-27-15-17-29-62(57)67(64(59)43-55,52-22-6-4-7-23-52)53-24-8-5-9-25-53/h4-43H,1-3H3. The van der Waals surface area contributed by atoms with Crippen molar-refractivity contribution in [1.29, 1.82) is 0 Å². The van der Waals surface area contributed by atoms with Gasteiger partial charge in [-0.1, -0.05) is 208 Å². The predicted octanol–water partition coefficient (Wildman–Crippen LogP) is 17.8. The van der Waals surface area contributed by atoms with Crippen LogP contribution in [-0.4, -0.2) is 0 Å². The number of hydrogen-bond donors (Lipinski definition) is 0. The van der Waals surface area contributed by atoms with E-state index < -0.39 is 5.41 Å². The van der Waals surface area contributed by atoms with E-state index in [4.69, 9.17) is 0 Å². The smallest absolute Gasteiger partial charge is 0.0714 e. The molecular weight excluding hydrogens is 819 g/mol. The summed E-state index contributed by atoms with van der Waals surface area (Å²) in [5.74, 6) is 0. The van der Waals surface area contributed by atoms with E-state index in [1.165, 1.54) is 111 Å². The minimum atomic E-state index is -0.548. The Hall–Kier alpha value is -8.26. The lowest BCUT2D eigenvalue weighted by Crippen LogP contribution is -2.28. The summed E-state index contributed by atoms with van der Waals surface area (Å²) < 4.78 is 0. The van der Waals surface area contributed by atoms with E-state index in [2.05, 4.69) is 268 Å². The maximum Gasteiger partial charge on any atom is 0.0714 e. The Balaban J connectivity index is 1.12. The summed E-state index contributed by atoms with van der Waals surface area (Å²) in [6, 6.07) is 90.9. The Morgan fingerprint density at radius 2 is 0.779 bits per heavy atom. The third kappa shape index (κ3) is 6.02. The molecule has 0 spiro atoms. The van der Waals surface area contributed by atoms with Gasteiger partial charge in [0, 0.05) is 22.4 Å². The summed E-state index contributed by atoms with van der Waals surface area (Å²) in [6.07, 6.45) is 0. The maximum absolute atomic E-state index is 2.58. The molecule has 11 aromatic rings. The van der Waals surface area contributed by atoms with Crippen molar-refractivity contribution < 1.29 is 0 Å². The van der Waals surface area contributed by atoms with Gasteiger partial charge >= 0.3 is 0 Å². The van der Waals surface area contributed by atoms with E-state index in [1.54, 1.807) is 0 Å². The fourth-order valence-electron chi connectivity index (χ4n) is 12.0. The second kappa shape index (κ2) is 15.4. The lowest BCUT2D eigenvalue weighted by molar-refractivity contribution is 0.660. The lowest BCUT2D eigenvalue weighted by Gasteiger charge is -2.35. The van der Waals surface area contributed by atoms with Crippen LogP contribution >= 0.6 is 0 Å². The molecular formula is C67H49N. The van der Waals surface area contributed by atoms with Crippen molar-refractivity contribution in [1.82, 2.24) is 0 Å². The quantitative estimate of drug-likeness (QED) is 0.154. The molecule has 2 aliphatic rings. The number of fused-ring (bicyclic) bond motifs is 8. The molecule has 0 saturated carbocycles. The second-order valence-electron chi connectivity index (χ2n) is 19.3. The zero-order valence-corrected chi connectivity index (χ0v) is 38.5. The molecule has 1 heteroatoms. The lowest BCUT2D eigenvalue weighted by atomic mass is 9.67. The van der Waals surface area contributed by atoms with Crippen LogP contribution in [0.4, 0.5) is 17.1 Å². The first-order valence-electron chi connectivity index (χ1n) is 23.9. The van der Waals surface area contributed by atoms with E-state index >= 15 is 0 Å². The van der Waals surface area contributed by atoms with Crippen LogP contribution < -0.4 is 4.90 Å². The molecule has 0 radical (unpaired) electrons. The van der Waals surface area contributed by atoms with Gasteiger partial charge in [0.05, 0.1) is 11.1 Å². The Morgan fingerprint density at radius 3 is 1.41 bits per heavy atom. The van der Waals surface area contributed by atoms with Gasteiger partial charge in [-0.15, -0.1) is 0 Å². The van der Waals surface area contributed by atoms with E-state index in [1.807, 2.05) is 0 Å². The summed E-state index contributed by atoms with van der Waals surface area (Å²) in [5.41, 5.74) is 21.6. The summed E-state index contributed by atoms with van der Waals surface area (Å²) >= 11 is 0. The van der Waals surface area contributed by atoms with Crippen molar-refractivity contribution in [3.05, 3.63) is 282 Å². The van der Waals surface area contributed by atoms with Crippen LogP contribution in [0.5, 0.6) is 0 Å². The van der Waals surface area contributed by atoms with Gasteiger partial charge in [0.1, 0.15) is 0 Å². The van der Waals surface area contributed by atoms with Gasteiger partial charge in [-0.25, -0.2) is 0 Å². The number of benzene rings is 11. The van der Waals surface area contributed by atoms with Crippen molar-refractivity contribution in [3.63, 3.8) is 0 Å². The highest BCUT2D eigenvalue weighted by Crippen LogP contribution is 2.58. The normalized spacial score (nSPS) is 13.8. The molecule has 11 aromatic carbocycles. The minimum Gasteiger partial charge on any atom is -0.310 e. The minimum absolute atomic E-state index is 0.181. The molecule has 0 saturated heterocycles. The van der Waals surface area contributed by atoms with Gasteiger partial charge in [-0.05, 0) is 155 Å². The summed E-state index contributed by atoms with van der Waals surface area (Å²) in [4.78, 5) is 2.58. The molecule has 0 fully saturated rings. The highest BCUT2D eigenvalue weighted by molar-refractivity contribution is 5.99. The Kier molecular flexibility index (Phi) is 9.07. The van der Waals surface area contributed by atoms with Gasteiger partial charge in [-0.3, -0.25) is 0 Å². The average Bonchev–Trinajstić information content (AvgIpc) is 3.82. The molecule has 0 amide bonds. The monoisotopic (exact) mass is 867 g/mol. The van der Waals surface area contributed by atoms with E-state index in [0.29, 0.717) is 0 Å². The van der Waals surface area contributed by atoms with Gasteiger partial charge in [0.2, 0.25) is 0 Å². The number of aryl methyl sites for hydroxylation is 1. The third-order valence-electron chi connectivity index (χ3n) is 15.2. The van der Waals surface area contributed by atoms with Crippen molar-refractivity contribution in [2.45, 2.75) is 31.6 Å². The molecule has 68 heavy (non-hydrogen) atoms. The molecule has 0 aromatic heterocycles. The topological polar surface area (TPSA) is 3.24 Å². The van der Waals surface area contributed by atoms with Crippen molar-refractivity contribution in [2.75, 3.05) is 4.90 Å². The Bertz CT molecular complexity index is 3740. The second-order valence-corrected chi connectivity index (χ2v) is 19.3. The van der Waals surface area contributed by atoms with Crippen molar-refractivity contribution in [2.24, 2.45) is 0 Å². The summed E-state index contributed by atoms with van der Waals surface area (Å²) in [6.45, 7) is 7.08.